The van der Waals surface area contributed by atoms with Crippen molar-refractivity contribution in [2.45, 2.75) is 6.18 Å². The van der Waals surface area contributed by atoms with E-state index < -0.39 is 11.9 Å². The molecule has 0 unspecified atom stereocenters. The van der Waals surface area contributed by atoms with Gasteiger partial charge < -0.3 is 9.47 Å². The fourth-order valence-corrected chi connectivity index (χ4v) is 0.390. The van der Waals surface area contributed by atoms with Crippen LogP contribution >= 0.6 is 0 Å². The topological polar surface area (TPSA) is 18.5 Å². The molecular weight excluding hydrogens is 137 g/mol. The van der Waals surface area contributed by atoms with Gasteiger partial charge in [-0.3, -0.25) is 0 Å². The summed E-state index contributed by atoms with van der Waals surface area (Å²) in [6, 6.07) is 0. The van der Waals surface area contributed by atoms with Gasteiger partial charge in [-0.25, -0.2) is 0 Å². The lowest BCUT2D eigenvalue weighted by Crippen LogP contribution is -2.11. The summed E-state index contributed by atoms with van der Waals surface area (Å²) in [5, 5.41) is 0. The predicted octanol–water partition coefficient (Wildman–Crippen LogP) is 1.39. The Hall–Kier alpha value is -0.870. The molecule has 0 aromatic heterocycles. The molecule has 0 saturated heterocycles. The van der Waals surface area contributed by atoms with Crippen molar-refractivity contribution in [3.8, 4) is 0 Å². The number of halogens is 3. The summed E-state index contributed by atoms with van der Waals surface area (Å²) >= 11 is 0. The van der Waals surface area contributed by atoms with E-state index in [1.54, 1.807) is 0 Å². The Morgan fingerprint density at radius 2 is 2.11 bits per heavy atom. The molecule has 0 spiro atoms. The zero-order valence-corrected chi connectivity index (χ0v) is 4.23. The van der Waals surface area contributed by atoms with E-state index in [2.05, 4.69) is 9.47 Å². The van der Waals surface area contributed by atoms with Gasteiger partial charge in [-0.2, -0.15) is 13.2 Å². The monoisotopic (exact) mass is 140 g/mol. The Labute approximate surface area is 48.9 Å². The van der Waals surface area contributed by atoms with E-state index in [4.69, 9.17) is 0 Å². The number of alkyl halides is 3. The maximum Gasteiger partial charge on any atom is 0.452 e. The molecule has 1 aliphatic heterocycles. The molecule has 52 valence electrons. The highest BCUT2D eigenvalue weighted by atomic mass is 19.4. The first-order chi connectivity index (χ1) is 4.11. The van der Waals surface area contributed by atoms with Crippen molar-refractivity contribution in [2.75, 3.05) is 6.79 Å². The fraction of sp³-hybridized carbons (Fsp3) is 0.500. The lowest BCUT2D eigenvalue weighted by Gasteiger charge is -2.03. The van der Waals surface area contributed by atoms with Crippen molar-refractivity contribution in [1.82, 2.24) is 0 Å². The Kier molecular flexibility index (Phi) is 1.27. The second kappa shape index (κ2) is 1.82. The van der Waals surface area contributed by atoms with Crippen LogP contribution in [0.3, 0.4) is 0 Å². The van der Waals surface area contributed by atoms with Gasteiger partial charge >= 0.3 is 6.18 Å². The Morgan fingerprint density at radius 3 is 2.33 bits per heavy atom. The van der Waals surface area contributed by atoms with Crippen LogP contribution in [0.4, 0.5) is 13.2 Å². The second-order valence-corrected chi connectivity index (χ2v) is 1.41. The van der Waals surface area contributed by atoms with Crippen molar-refractivity contribution in [1.29, 1.82) is 0 Å². The highest BCUT2D eigenvalue weighted by Crippen LogP contribution is 2.28. The Bertz CT molecular complexity index is 137. The molecule has 0 amide bonds. The Balaban J connectivity index is 2.61. The molecule has 1 aliphatic rings. The molecule has 1 rings (SSSR count). The SMILES string of the molecule is FC(F)(F)C1=COCO1. The standard InChI is InChI=1S/C4H3F3O2/c5-4(6,7)3-1-8-2-9-3/h1H,2H2. The highest BCUT2D eigenvalue weighted by molar-refractivity contribution is 4.97. The molecule has 0 N–H and O–H groups in total. The van der Waals surface area contributed by atoms with Gasteiger partial charge in [0.05, 0.1) is 0 Å². The van der Waals surface area contributed by atoms with Crippen LogP contribution in [0.2, 0.25) is 0 Å². The largest absolute Gasteiger partial charge is 0.461 e. The van der Waals surface area contributed by atoms with E-state index in [1.807, 2.05) is 0 Å². The van der Waals surface area contributed by atoms with Gasteiger partial charge in [0.1, 0.15) is 6.26 Å². The lowest BCUT2D eigenvalue weighted by molar-refractivity contribution is -0.130. The summed E-state index contributed by atoms with van der Waals surface area (Å²) in [6.07, 6.45) is -3.85. The maximum atomic E-state index is 11.5. The van der Waals surface area contributed by atoms with Crippen LogP contribution in [-0.4, -0.2) is 13.0 Å². The van der Waals surface area contributed by atoms with E-state index in [0.717, 1.165) is 0 Å². The summed E-state index contributed by atoms with van der Waals surface area (Å²) in [6.45, 7) is -0.338. The molecule has 0 bridgehead atoms. The van der Waals surface area contributed by atoms with Crippen LogP contribution in [0.25, 0.3) is 0 Å². The molecule has 9 heavy (non-hydrogen) atoms. The smallest absolute Gasteiger partial charge is 0.452 e. The fourth-order valence-electron chi connectivity index (χ4n) is 0.390. The van der Waals surface area contributed by atoms with Gasteiger partial charge in [0.2, 0.25) is 12.6 Å². The quantitative estimate of drug-likeness (QED) is 0.506. The molecule has 0 saturated carbocycles. The lowest BCUT2D eigenvalue weighted by atomic mass is 10.5. The van der Waals surface area contributed by atoms with E-state index in [9.17, 15) is 13.2 Å². The molecule has 0 radical (unpaired) electrons. The van der Waals surface area contributed by atoms with Gasteiger partial charge in [0.25, 0.3) is 0 Å². The second-order valence-electron chi connectivity index (χ2n) is 1.41. The molecule has 0 aromatic rings. The third-order valence-corrected chi connectivity index (χ3v) is 0.752. The normalized spacial score (nSPS) is 18.3. The van der Waals surface area contributed by atoms with Gasteiger partial charge in [-0.05, 0) is 0 Å². The minimum atomic E-state index is -4.41. The molecule has 0 atom stereocenters. The summed E-state index contributed by atoms with van der Waals surface area (Å²) in [5.74, 6) is -1.07. The van der Waals surface area contributed by atoms with Crippen LogP contribution in [0.1, 0.15) is 0 Å². The van der Waals surface area contributed by atoms with E-state index in [1.165, 1.54) is 0 Å². The Morgan fingerprint density at radius 1 is 1.44 bits per heavy atom. The average molecular weight is 140 g/mol. The summed E-state index contributed by atoms with van der Waals surface area (Å²) < 4.78 is 42.7. The van der Waals surface area contributed by atoms with Crippen molar-refractivity contribution in [3.63, 3.8) is 0 Å². The van der Waals surface area contributed by atoms with Crippen LogP contribution in [-0.2, 0) is 9.47 Å². The van der Waals surface area contributed by atoms with Gasteiger partial charge in [0.15, 0.2) is 0 Å². The van der Waals surface area contributed by atoms with Gasteiger partial charge in [-0.15, -0.1) is 0 Å². The average Bonchev–Trinajstić information content (AvgIpc) is 2.08. The van der Waals surface area contributed by atoms with E-state index >= 15 is 0 Å². The van der Waals surface area contributed by atoms with Crippen molar-refractivity contribution in [2.24, 2.45) is 0 Å². The minimum absolute atomic E-state index is 0.338. The molecule has 5 heteroatoms. The van der Waals surface area contributed by atoms with Crippen LogP contribution < -0.4 is 0 Å². The van der Waals surface area contributed by atoms with E-state index in [0.29, 0.717) is 6.26 Å². The van der Waals surface area contributed by atoms with Crippen molar-refractivity contribution < 1.29 is 22.6 Å². The van der Waals surface area contributed by atoms with Crippen LogP contribution in [0.5, 0.6) is 0 Å². The predicted molar refractivity (Wildman–Crippen MR) is 21.2 cm³/mol. The van der Waals surface area contributed by atoms with Crippen LogP contribution in [0.15, 0.2) is 12.0 Å². The first-order valence-electron chi connectivity index (χ1n) is 2.12. The molecule has 2 nitrogen and oxygen atoms in total. The third-order valence-electron chi connectivity index (χ3n) is 0.752. The van der Waals surface area contributed by atoms with Gasteiger partial charge in [0, 0.05) is 0 Å². The molecule has 0 aromatic carbocycles. The number of allylic oxidation sites excluding steroid dienone is 1. The zero-order chi connectivity index (χ0) is 6.91. The van der Waals surface area contributed by atoms with Crippen LogP contribution in [0, 0.1) is 0 Å². The summed E-state index contributed by atoms with van der Waals surface area (Å²) in [7, 11) is 0. The first-order valence-corrected chi connectivity index (χ1v) is 2.12. The van der Waals surface area contributed by atoms with Gasteiger partial charge in [-0.1, -0.05) is 0 Å². The van der Waals surface area contributed by atoms with Crippen molar-refractivity contribution >= 4 is 0 Å². The minimum Gasteiger partial charge on any atom is -0.461 e. The molecule has 0 fully saturated rings. The summed E-state index contributed by atoms with van der Waals surface area (Å²) in [4.78, 5) is 0. The third kappa shape index (κ3) is 1.28. The maximum absolute atomic E-state index is 11.5. The number of hydrogen-bond donors (Lipinski definition) is 0. The zero-order valence-electron chi connectivity index (χ0n) is 4.23. The molecule has 1 heterocycles. The number of ether oxygens (including phenoxy) is 2. The number of rotatable bonds is 0. The molecular formula is C4H3F3O2. The first kappa shape index (κ1) is 6.25. The highest BCUT2D eigenvalue weighted by Gasteiger charge is 2.38. The molecule has 0 aliphatic carbocycles. The van der Waals surface area contributed by atoms with E-state index in [-0.39, 0.29) is 6.79 Å². The summed E-state index contributed by atoms with van der Waals surface area (Å²) in [5.41, 5.74) is 0. The number of hydrogen-bond acceptors (Lipinski definition) is 2. The van der Waals surface area contributed by atoms with Crippen molar-refractivity contribution in [3.05, 3.63) is 12.0 Å².